The Bertz CT molecular complexity index is 2060. The number of aryl methyl sites for hydroxylation is 2. The minimum Gasteiger partial charge on any atom is -0.268 e. The number of aromatic nitrogens is 5. The van der Waals surface area contributed by atoms with Gasteiger partial charge in [-0.15, -0.1) is 5.10 Å². The maximum atomic E-state index is 14.5. The highest BCUT2D eigenvalue weighted by Crippen LogP contribution is 2.31. The monoisotopic (exact) mass is 519 g/mol. The Hall–Kier alpha value is -5.36. The van der Waals surface area contributed by atoms with Gasteiger partial charge >= 0.3 is 0 Å². The third kappa shape index (κ3) is 3.98. The van der Waals surface area contributed by atoms with Gasteiger partial charge in [0.1, 0.15) is 0 Å². The minimum atomic E-state index is -0.209. The zero-order valence-corrected chi connectivity index (χ0v) is 22.1. The molecule has 0 saturated heterocycles. The molecule has 0 N–H and O–H groups in total. The molecule has 4 aromatic carbocycles. The highest BCUT2D eigenvalue weighted by Gasteiger charge is 2.22. The zero-order valence-electron chi connectivity index (χ0n) is 22.1. The fourth-order valence-corrected chi connectivity index (χ4v) is 5.04. The van der Waals surface area contributed by atoms with Crippen molar-refractivity contribution in [2.45, 2.75) is 13.8 Å². The molecule has 0 aliphatic carbocycles. The average molecular weight is 520 g/mol. The van der Waals surface area contributed by atoms with Crippen molar-refractivity contribution in [3.8, 4) is 39.5 Å². The molecular weight excluding hydrogens is 494 g/mol. The highest BCUT2D eigenvalue weighted by atomic mass is 16.1. The maximum absolute atomic E-state index is 14.5. The number of nitrogens with zero attached hydrogens (tertiary/aromatic N) is 5. The van der Waals surface area contributed by atoms with Crippen molar-refractivity contribution in [1.29, 1.82) is 0 Å². The quantitative estimate of drug-likeness (QED) is 0.250. The fraction of sp³-hybridized carbons (Fsp3) is 0.0588. The molecule has 6 heteroatoms. The van der Waals surface area contributed by atoms with Crippen LogP contribution >= 0.6 is 0 Å². The first-order valence-corrected chi connectivity index (χ1v) is 13.2. The lowest BCUT2D eigenvalue weighted by molar-refractivity contribution is 0.900. The molecule has 7 rings (SSSR count). The zero-order chi connectivity index (χ0) is 27.2. The van der Waals surface area contributed by atoms with Gasteiger partial charge in [-0.1, -0.05) is 108 Å². The number of pyridine rings is 1. The van der Waals surface area contributed by atoms with Crippen LogP contribution in [0.3, 0.4) is 0 Å². The first-order valence-electron chi connectivity index (χ1n) is 13.2. The summed E-state index contributed by atoms with van der Waals surface area (Å²) in [5.41, 5.74) is 7.57. The van der Waals surface area contributed by atoms with Crippen LogP contribution in [0.1, 0.15) is 11.1 Å². The number of hydrogen-bond acceptors (Lipinski definition) is 4. The Kier molecular flexibility index (Phi) is 5.60. The molecular formula is C34H25N5O. The Morgan fingerprint density at radius 3 is 1.88 bits per heavy atom. The molecule has 0 unspecified atom stereocenters. The lowest BCUT2D eigenvalue weighted by atomic mass is 9.99. The van der Waals surface area contributed by atoms with Crippen molar-refractivity contribution >= 4 is 16.8 Å². The van der Waals surface area contributed by atoms with E-state index in [9.17, 15) is 4.79 Å². The highest BCUT2D eigenvalue weighted by molar-refractivity contribution is 5.95. The molecule has 0 fully saturated rings. The van der Waals surface area contributed by atoms with E-state index in [4.69, 9.17) is 15.1 Å². The SMILES string of the molecule is Cc1ccc(-c2cc(-c3ccc(C)cc3)c3c(=O)n4c(-c5ccccc5)nn(-c5ccccc5)c4nc3n2)cc1. The van der Waals surface area contributed by atoms with Crippen LogP contribution in [-0.4, -0.2) is 24.1 Å². The Morgan fingerprint density at radius 1 is 0.625 bits per heavy atom. The van der Waals surface area contributed by atoms with Crippen molar-refractivity contribution < 1.29 is 0 Å². The Morgan fingerprint density at radius 2 is 1.23 bits per heavy atom. The van der Waals surface area contributed by atoms with E-state index in [0.717, 1.165) is 39.2 Å². The molecule has 3 aromatic heterocycles. The minimum absolute atomic E-state index is 0.209. The molecule has 0 aliphatic rings. The molecule has 0 spiro atoms. The number of para-hydroxylation sites is 1. The van der Waals surface area contributed by atoms with Gasteiger partial charge in [0, 0.05) is 16.7 Å². The Labute approximate surface area is 230 Å². The molecule has 0 radical (unpaired) electrons. The number of hydrogen-bond donors (Lipinski definition) is 0. The Balaban J connectivity index is 1.62. The summed E-state index contributed by atoms with van der Waals surface area (Å²) >= 11 is 0. The first kappa shape index (κ1) is 23.7. The molecule has 6 nitrogen and oxygen atoms in total. The molecule has 40 heavy (non-hydrogen) atoms. The second-order valence-electron chi connectivity index (χ2n) is 9.98. The smallest absolute Gasteiger partial charge is 0.268 e. The van der Waals surface area contributed by atoms with Crippen molar-refractivity contribution in [2.24, 2.45) is 0 Å². The average Bonchev–Trinajstić information content (AvgIpc) is 3.38. The number of rotatable bonds is 4. The van der Waals surface area contributed by atoms with E-state index in [0.29, 0.717) is 22.6 Å². The summed E-state index contributed by atoms with van der Waals surface area (Å²) < 4.78 is 3.32. The maximum Gasteiger partial charge on any atom is 0.271 e. The first-order chi connectivity index (χ1) is 19.6. The second-order valence-corrected chi connectivity index (χ2v) is 9.98. The molecule has 0 aliphatic heterocycles. The van der Waals surface area contributed by atoms with Crippen LogP contribution in [0.25, 0.3) is 56.3 Å². The molecule has 7 aromatic rings. The third-order valence-electron chi connectivity index (χ3n) is 7.16. The van der Waals surface area contributed by atoms with E-state index >= 15 is 0 Å². The normalized spacial score (nSPS) is 11.3. The van der Waals surface area contributed by atoms with Crippen molar-refractivity contribution in [3.63, 3.8) is 0 Å². The topological polar surface area (TPSA) is 65.1 Å². The summed E-state index contributed by atoms with van der Waals surface area (Å²) in [5.74, 6) is 0.933. The van der Waals surface area contributed by atoms with Gasteiger partial charge in [0.05, 0.1) is 16.8 Å². The standard InChI is InChI=1S/C34H25N5O/c1-22-13-17-24(18-14-22)28-21-29(25-19-15-23(2)16-20-25)35-31-30(28)33(40)38-32(26-9-5-3-6-10-26)37-39(34(38)36-31)27-11-7-4-8-12-27/h3-21H,1-2H3. The predicted molar refractivity (Wildman–Crippen MR) is 160 cm³/mol. The van der Waals surface area contributed by atoms with Crippen LogP contribution in [-0.2, 0) is 0 Å². The van der Waals surface area contributed by atoms with Crippen molar-refractivity contribution in [1.82, 2.24) is 24.1 Å². The summed E-state index contributed by atoms with van der Waals surface area (Å²) in [5, 5.41) is 5.37. The molecule has 3 heterocycles. The summed E-state index contributed by atoms with van der Waals surface area (Å²) in [6, 6.07) is 37.9. The van der Waals surface area contributed by atoms with Crippen molar-refractivity contribution in [3.05, 3.63) is 137 Å². The van der Waals surface area contributed by atoms with Crippen molar-refractivity contribution in [2.75, 3.05) is 0 Å². The van der Waals surface area contributed by atoms with Gasteiger partial charge in [-0.05, 0) is 37.6 Å². The molecule has 192 valence electrons. The van der Waals surface area contributed by atoms with Crippen LogP contribution in [0.15, 0.2) is 120 Å². The van der Waals surface area contributed by atoms with Crippen LogP contribution in [0.4, 0.5) is 0 Å². The van der Waals surface area contributed by atoms with Crippen LogP contribution in [0.2, 0.25) is 0 Å². The van der Waals surface area contributed by atoms with E-state index < -0.39 is 0 Å². The largest absolute Gasteiger partial charge is 0.271 e. The predicted octanol–water partition coefficient (Wildman–Crippen LogP) is 7.05. The van der Waals surface area contributed by atoms with E-state index in [-0.39, 0.29) is 5.56 Å². The molecule has 0 amide bonds. The van der Waals surface area contributed by atoms with Gasteiger partial charge in [-0.25, -0.2) is 9.38 Å². The summed E-state index contributed by atoms with van der Waals surface area (Å²) in [6.45, 7) is 4.11. The lowest BCUT2D eigenvalue weighted by Crippen LogP contribution is -2.18. The number of benzene rings is 4. The van der Waals surface area contributed by atoms with Gasteiger partial charge in [-0.2, -0.15) is 9.67 Å². The van der Waals surface area contributed by atoms with Gasteiger partial charge < -0.3 is 0 Å². The third-order valence-corrected chi connectivity index (χ3v) is 7.16. The molecule has 0 atom stereocenters. The fourth-order valence-electron chi connectivity index (χ4n) is 5.04. The van der Waals surface area contributed by atoms with E-state index in [1.165, 1.54) is 5.56 Å². The number of fused-ring (bicyclic) bond motifs is 2. The van der Waals surface area contributed by atoms with E-state index in [2.05, 4.69) is 50.2 Å². The van der Waals surface area contributed by atoms with Gasteiger partial charge in [0.15, 0.2) is 11.5 Å². The van der Waals surface area contributed by atoms with E-state index in [1.54, 1.807) is 9.08 Å². The van der Waals surface area contributed by atoms with Gasteiger partial charge in [0.25, 0.3) is 5.56 Å². The van der Waals surface area contributed by atoms with Crippen LogP contribution in [0.5, 0.6) is 0 Å². The van der Waals surface area contributed by atoms with Crippen LogP contribution in [0, 0.1) is 13.8 Å². The van der Waals surface area contributed by atoms with Gasteiger partial charge in [-0.3, -0.25) is 4.79 Å². The molecule has 0 saturated carbocycles. The van der Waals surface area contributed by atoms with Crippen LogP contribution < -0.4 is 5.56 Å². The summed E-state index contributed by atoms with van der Waals surface area (Å²) in [7, 11) is 0. The summed E-state index contributed by atoms with van der Waals surface area (Å²) in [6.07, 6.45) is 0. The van der Waals surface area contributed by atoms with E-state index in [1.807, 2.05) is 78.9 Å². The van der Waals surface area contributed by atoms with Gasteiger partial charge in [0.2, 0.25) is 5.78 Å². The summed E-state index contributed by atoms with van der Waals surface area (Å²) in [4.78, 5) is 24.5. The lowest BCUT2D eigenvalue weighted by Gasteiger charge is -2.11. The second kappa shape index (κ2) is 9.43. The molecule has 0 bridgehead atoms.